The Hall–Kier alpha value is -3.07. The van der Waals surface area contributed by atoms with Gasteiger partial charge in [-0.05, 0) is 37.3 Å². The molecule has 0 spiro atoms. The fourth-order valence-electron chi connectivity index (χ4n) is 3.41. The number of nitrogens with one attached hydrogen (secondary N) is 1. The number of anilines is 2. The Morgan fingerprint density at radius 1 is 1.24 bits per heavy atom. The highest BCUT2D eigenvalue weighted by Gasteiger charge is 2.33. The summed E-state index contributed by atoms with van der Waals surface area (Å²) < 4.78 is 30.5. The number of cyclic esters (lactones) is 1. The molecule has 2 amide bonds. The van der Waals surface area contributed by atoms with Gasteiger partial charge in [0.05, 0.1) is 37.7 Å². The average molecular weight is 403 g/mol. The number of carbonyl (C=O) groups excluding carboxylic acids is 2. The molecule has 2 aromatic rings. The molecule has 2 aliphatic rings. The number of aryl methyl sites for hydroxylation is 1. The Kier molecular flexibility index (Phi) is 5.39. The van der Waals surface area contributed by atoms with Crippen LogP contribution in [0.5, 0.6) is 0 Å². The molecule has 0 saturated carbocycles. The van der Waals surface area contributed by atoms with Crippen LogP contribution < -0.4 is 15.1 Å². The van der Waals surface area contributed by atoms with Crippen LogP contribution >= 0.6 is 0 Å². The Bertz CT molecular complexity index is 909. The normalized spacial score (nSPS) is 19.4. The van der Waals surface area contributed by atoms with E-state index in [0.717, 1.165) is 0 Å². The van der Waals surface area contributed by atoms with E-state index in [1.54, 1.807) is 31.2 Å². The molecule has 0 radical (unpaired) electrons. The number of hydrogen-bond acceptors (Lipinski definition) is 6. The largest absolute Gasteiger partial charge is 0.456 e. The van der Waals surface area contributed by atoms with Crippen LogP contribution in [0.3, 0.4) is 0 Å². The minimum atomic E-state index is -0.573. The second-order valence-electron chi connectivity index (χ2n) is 6.97. The zero-order valence-electron chi connectivity index (χ0n) is 16.0. The summed E-state index contributed by atoms with van der Waals surface area (Å²) in [5.41, 5.74) is 0.905. The number of halogens is 1. The molecular weight excluding hydrogens is 381 g/mol. The first kappa shape index (κ1) is 19.3. The number of ether oxygens (including phenoxy) is 2. The average Bonchev–Trinajstić information content (AvgIpc) is 3.32. The molecule has 29 heavy (non-hydrogen) atoms. The predicted octanol–water partition coefficient (Wildman–Crippen LogP) is 2.32. The van der Waals surface area contributed by atoms with E-state index in [0.29, 0.717) is 43.4 Å². The van der Waals surface area contributed by atoms with E-state index in [1.165, 1.54) is 11.0 Å². The van der Waals surface area contributed by atoms with Gasteiger partial charge in [0.25, 0.3) is 5.91 Å². The summed E-state index contributed by atoms with van der Waals surface area (Å²) in [5.74, 6) is 0.0521. The van der Waals surface area contributed by atoms with Gasteiger partial charge in [0.2, 0.25) is 0 Å². The molecule has 0 aliphatic carbocycles. The Morgan fingerprint density at radius 3 is 2.72 bits per heavy atom. The number of carbonyl (C=O) groups is 2. The van der Waals surface area contributed by atoms with Crippen LogP contribution in [-0.2, 0) is 9.47 Å². The van der Waals surface area contributed by atoms with Crippen LogP contribution in [0.15, 0.2) is 34.7 Å². The van der Waals surface area contributed by atoms with Gasteiger partial charge in [-0.15, -0.1) is 0 Å². The van der Waals surface area contributed by atoms with Gasteiger partial charge in [-0.1, -0.05) is 0 Å². The van der Waals surface area contributed by atoms with Crippen LogP contribution in [0.1, 0.15) is 16.3 Å². The van der Waals surface area contributed by atoms with Crippen molar-refractivity contribution in [1.29, 1.82) is 0 Å². The number of furan rings is 1. The van der Waals surface area contributed by atoms with E-state index < -0.39 is 18.0 Å². The van der Waals surface area contributed by atoms with Crippen molar-refractivity contribution in [2.24, 2.45) is 0 Å². The van der Waals surface area contributed by atoms with Gasteiger partial charge < -0.3 is 24.1 Å². The molecule has 1 N–H and O–H groups in total. The first-order valence-corrected chi connectivity index (χ1v) is 9.46. The van der Waals surface area contributed by atoms with E-state index in [2.05, 4.69) is 5.32 Å². The highest BCUT2D eigenvalue weighted by molar-refractivity contribution is 5.92. The lowest BCUT2D eigenvalue weighted by molar-refractivity contribution is 0.0888. The van der Waals surface area contributed by atoms with Crippen molar-refractivity contribution < 1.29 is 27.9 Å². The molecule has 1 atom stereocenters. The third-order valence-electron chi connectivity index (χ3n) is 4.92. The summed E-state index contributed by atoms with van der Waals surface area (Å²) in [6.45, 7) is 4.46. The lowest BCUT2D eigenvalue weighted by Gasteiger charge is -2.29. The summed E-state index contributed by atoms with van der Waals surface area (Å²) in [6.07, 6.45) is -1.11. The number of benzene rings is 1. The molecular formula is C20H22FN3O5. The van der Waals surface area contributed by atoms with Crippen molar-refractivity contribution >= 4 is 23.4 Å². The van der Waals surface area contributed by atoms with Crippen LogP contribution in [-0.4, -0.2) is 57.5 Å². The Balaban J connectivity index is 1.37. The lowest BCUT2D eigenvalue weighted by Crippen LogP contribution is -2.37. The molecule has 4 rings (SSSR count). The van der Waals surface area contributed by atoms with Crippen molar-refractivity contribution in [2.45, 2.75) is 13.0 Å². The van der Waals surface area contributed by atoms with Gasteiger partial charge in [0.1, 0.15) is 17.7 Å². The fourth-order valence-corrected chi connectivity index (χ4v) is 3.41. The van der Waals surface area contributed by atoms with Gasteiger partial charge in [-0.2, -0.15) is 0 Å². The van der Waals surface area contributed by atoms with E-state index in [9.17, 15) is 14.0 Å². The van der Waals surface area contributed by atoms with Gasteiger partial charge in [0.15, 0.2) is 5.76 Å². The number of nitrogens with zero attached hydrogens (tertiary/aromatic N) is 2. The minimum absolute atomic E-state index is 0.134. The fraction of sp³-hybridized carbons (Fsp3) is 0.400. The van der Waals surface area contributed by atoms with Gasteiger partial charge in [0, 0.05) is 13.1 Å². The topological polar surface area (TPSA) is 84.2 Å². The van der Waals surface area contributed by atoms with Crippen molar-refractivity contribution in [1.82, 2.24) is 5.32 Å². The van der Waals surface area contributed by atoms with Crippen molar-refractivity contribution in [2.75, 3.05) is 49.2 Å². The monoisotopic (exact) mass is 403 g/mol. The SMILES string of the molecule is Cc1ccc(C(=O)NC[C@H]2CN(c3ccc(N4CCOCC4)c(F)c3)C(=O)O2)o1. The summed E-state index contributed by atoms with van der Waals surface area (Å²) >= 11 is 0. The van der Waals surface area contributed by atoms with Gasteiger partial charge in [-0.25, -0.2) is 9.18 Å². The Morgan fingerprint density at radius 2 is 2.03 bits per heavy atom. The quantitative estimate of drug-likeness (QED) is 0.825. The maximum atomic E-state index is 14.6. The second-order valence-corrected chi connectivity index (χ2v) is 6.97. The highest BCUT2D eigenvalue weighted by Crippen LogP contribution is 2.28. The van der Waals surface area contributed by atoms with Crippen molar-refractivity contribution in [3.8, 4) is 0 Å². The molecule has 1 aromatic carbocycles. The first-order chi connectivity index (χ1) is 14.0. The maximum absolute atomic E-state index is 14.6. The zero-order chi connectivity index (χ0) is 20.4. The molecule has 154 valence electrons. The summed E-state index contributed by atoms with van der Waals surface area (Å²) in [4.78, 5) is 27.6. The molecule has 2 aliphatic heterocycles. The second kappa shape index (κ2) is 8.12. The summed E-state index contributed by atoms with van der Waals surface area (Å²) in [5, 5.41) is 2.68. The third kappa shape index (κ3) is 4.19. The molecule has 8 nitrogen and oxygen atoms in total. The summed E-state index contributed by atoms with van der Waals surface area (Å²) in [6, 6.07) is 7.97. The smallest absolute Gasteiger partial charge is 0.414 e. The molecule has 2 saturated heterocycles. The zero-order valence-corrected chi connectivity index (χ0v) is 16.0. The van der Waals surface area contributed by atoms with E-state index in [4.69, 9.17) is 13.9 Å². The number of rotatable bonds is 5. The highest BCUT2D eigenvalue weighted by atomic mass is 19.1. The minimum Gasteiger partial charge on any atom is -0.456 e. The van der Waals surface area contributed by atoms with Crippen LogP contribution in [0, 0.1) is 12.7 Å². The number of amides is 2. The first-order valence-electron chi connectivity index (χ1n) is 9.46. The standard InChI is InChI=1S/C20H22FN3O5/c1-13-2-5-18(28-13)19(25)22-11-15-12-24(20(26)29-15)14-3-4-17(16(21)10-14)23-6-8-27-9-7-23/h2-5,10,15H,6-9,11-12H2,1H3,(H,22,25)/t15-/m0/s1. The molecule has 9 heteroatoms. The lowest BCUT2D eigenvalue weighted by atomic mass is 10.2. The van der Waals surface area contributed by atoms with Crippen molar-refractivity contribution in [3.63, 3.8) is 0 Å². The maximum Gasteiger partial charge on any atom is 0.414 e. The van der Waals surface area contributed by atoms with Crippen LogP contribution in [0.4, 0.5) is 20.6 Å². The van der Waals surface area contributed by atoms with Crippen LogP contribution in [0.2, 0.25) is 0 Å². The predicted molar refractivity (Wildman–Crippen MR) is 103 cm³/mol. The number of morpholine rings is 1. The summed E-state index contributed by atoms with van der Waals surface area (Å²) in [7, 11) is 0. The van der Waals surface area contributed by atoms with Crippen molar-refractivity contribution in [3.05, 3.63) is 47.7 Å². The molecule has 2 fully saturated rings. The van der Waals surface area contributed by atoms with Gasteiger partial charge in [-0.3, -0.25) is 9.69 Å². The third-order valence-corrected chi connectivity index (χ3v) is 4.92. The van der Waals surface area contributed by atoms with Gasteiger partial charge >= 0.3 is 6.09 Å². The number of hydrogen-bond donors (Lipinski definition) is 1. The van der Waals surface area contributed by atoms with E-state index in [-0.39, 0.29) is 24.8 Å². The molecule has 3 heterocycles. The van der Waals surface area contributed by atoms with E-state index in [1.807, 2.05) is 4.90 Å². The molecule has 0 unspecified atom stereocenters. The Labute approximate surface area is 167 Å². The molecule has 0 bridgehead atoms. The molecule has 1 aromatic heterocycles. The van der Waals surface area contributed by atoms with E-state index >= 15 is 0 Å². The van der Waals surface area contributed by atoms with Crippen LogP contribution in [0.25, 0.3) is 0 Å².